The van der Waals surface area contributed by atoms with Gasteiger partial charge in [-0.05, 0) is 23.6 Å². The number of carbonyl (C=O) groups excluding carboxylic acids is 1. The first-order valence-electron chi connectivity index (χ1n) is 7.88. The van der Waals surface area contributed by atoms with Gasteiger partial charge >= 0.3 is 0 Å². The van der Waals surface area contributed by atoms with Crippen molar-refractivity contribution in [1.29, 1.82) is 0 Å². The zero-order valence-corrected chi connectivity index (χ0v) is 13.2. The van der Waals surface area contributed by atoms with E-state index in [1.54, 1.807) is 0 Å². The molecular formula is C17H26N2O2. The number of ether oxygens (including phenoxy) is 1. The van der Waals surface area contributed by atoms with E-state index in [0.29, 0.717) is 18.9 Å². The van der Waals surface area contributed by atoms with Crippen LogP contribution in [0.4, 0.5) is 0 Å². The van der Waals surface area contributed by atoms with Gasteiger partial charge in [-0.3, -0.25) is 4.79 Å². The summed E-state index contributed by atoms with van der Waals surface area (Å²) in [5.74, 6) is 1.36. The molecule has 1 aromatic carbocycles. The Morgan fingerprint density at radius 2 is 2.24 bits per heavy atom. The van der Waals surface area contributed by atoms with Crippen molar-refractivity contribution in [3.05, 3.63) is 29.3 Å². The molecule has 1 heterocycles. The summed E-state index contributed by atoms with van der Waals surface area (Å²) < 4.78 is 5.70. The Bertz CT molecular complexity index is 502. The second-order valence-corrected chi connectivity index (χ2v) is 5.82. The maximum atomic E-state index is 11.7. The molecule has 0 bridgehead atoms. The van der Waals surface area contributed by atoms with Gasteiger partial charge in [0, 0.05) is 24.4 Å². The predicted molar refractivity (Wildman–Crippen MR) is 84.1 cm³/mol. The summed E-state index contributed by atoms with van der Waals surface area (Å²) in [7, 11) is 0. The Balaban J connectivity index is 2.27. The second-order valence-electron chi connectivity index (χ2n) is 5.82. The third kappa shape index (κ3) is 3.56. The van der Waals surface area contributed by atoms with Crippen LogP contribution in [-0.4, -0.2) is 12.5 Å². The van der Waals surface area contributed by atoms with E-state index in [4.69, 9.17) is 10.5 Å². The van der Waals surface area contributed by atoms with Gasteiger partial charge in [0.15, 0.2) is 0 Å². The van der Waals surface area contributed by atoms with Crippen molar-refractivity contribution >= 4 is 5.91 Å². The van der Waals surface area contributed by atoms with Crippen molar-refractivity contribution in [3.8, 4) is 5.75 Å². The van der Waals surface area contributed by atoms with Gasteiger partial charge in [-0.25, -0.2) is 0 Å². The van der Waals surface area contributed by atoms with Crippen LogP contribution in [0.25, 0.3) is 0 Å². The number of nitrogens with one attached hydrogen (secondary N) is 1. The fourth-order valence-corrected chi connectivity index (χ4v) is 2.65. The summed E-state index contributed by atoms with van der Waals surface area (Å²) >= 11 is 0. The third-order valence-electron chi connectivity index (χ3n) is 4.37. The number of nitrogens with two attached hydrogens (primary N) is 1. The minimum atomic E-state index is 0.0183. The fraction of sp³-hybridized carbons (Fsp3) is 0.588. The number of rotatable bonds is 5. The molecular weight excluding hydrogens is 264 g/mol. The van der Waals surface area contributed by atoms with Gasteiger partial charge in [0.25, 0.3) is 0 Å². The highest BCUT2D eigenvalue weighted by molar-refractivity contribution is 5.76. The number of fused-ring (bicyclic) bond motifs is 1. The lowest BCUT2D eigenvalue weighted by molar-refractivity contribution is -0.121. The summed E-state index contributed by atoms with van der Waals surface area (Å²) in [6.07, 6.45) is 2.35. The van der Waals surface area contributed by atoms with Gasteiger partial charge in [0.2, 0.25) is 5.91 Å². The number of amides is 1. The Kier molecular flexibility index (Phi) is 5.23. The lowest BCUT2D eigenvalue weighted by Crippen LogP contribution is -2.32. The lowest BCUT2D eigenvalue weighted by Gasteiger charge is -2.28. The lowest BCUT2D eigenvalue weighted by atomic mass is 9.90. The normalized spacial score (nSPS) is 20.1. The van der Waals surface area contributed by atoms with Gasteiger partial charge in [0.05, 0.1) is 12.6 Å². The van der Waals surface area contributed by atoms with E-state index < -0.39 is 0 Å². The summed E-state index contributed by atoms with van der Waals surface area (Å²) in [5.41, 5.74) is 8.50. The van der Waals surface area contributed by atoms with Gasteiger partial charge in [-0.2, -0.15) is 0 Å². The van der Waals surface area contributed by atoms with Crippen molar-refractivity contribution in [2.45, 2.75) is 52.1 Å². The van der Waals surface area contributed by atoms with Crippen LogP contribution in [0.15, 0.2) is 18.2 Å². The highest BCUT2D eigenvalue weighted by Gasteiger charge is 2.24. The molecule has 0 aliphatic carbocycles. The van der Waals surface area contributed by atoms with Crippen LogP contribution in [0.5, 0.6) is 5.75 Å². The third-order valence-corrected chi connectivity index (χ3v) is 4.37. The summed E-state index contributed by atoms with van der Waals surface area (Å²) in [6, 6.07) is 6.18. The largest absolute Gasteiger partial charge is 0.493 e. The van der Waals surface area contributed by atoms with E-state index in [2.05, 4.69) is 25.2 Å². The predicted octanol–water partition coefficient (Wildman–Crippen LogP) is 3.08. The average molecular weight is 290 g/mol. The molecule has 4 heteroatoms. The van der Waals surface area contributed by atoms with Gasteiger partial charge < -0.3 is 15.8 Å². The van der Waals surface area contributed by atoms with E-state index in [1.807, 2.05) is 19.1 Å². The number of hydrogen-bond donors (Lipinski definition) is 2. The molecule has 0 radical (unpaired) electrons. The second kappa shape index (κ2) is 6.94. The molecule has 3 unspecified atom stereocenters. The smallest absolute Gasteiger partial charge is 0.220 e. The SMILES string of the molecule is CCC(=O)NC1CCOc2ccc(C(N)C(C)CC)cc21. The van der Waals surface area contributed by atoms with Crippen LogP contribution in [0.3, 0.4) is 0 Å². The van der Waals surface area contributed by atoms with Crippen molar-refractivity contribution in [1.82, 2.24) is 5.32 Å². The Hall–Kier alpha value is -1.55. The minimum Gasteiger partial charge on any atom is -0.493 e. The van der Waals surface area contributed by atoms with Crippen LogP contribution < -0.4 is 15.8 Å². The summed E-state index contributed by atoms with van der Waals surface area (Å²) in [6.45, 7) is 6.82. The van der Waals surface area contributed by atoms with Gasteiger partial charge in [-0.15, -0.1) is 0 Å². The molecule has 21 heavy (non-hydrogen) atoms. The van der Waals surface area contributed by atoms with E-state index in [1.165, 1.54) is 0 Å². The molecule has 1 aliphatic rings. The average Bonchev–Trinajstić information content (AvgIpc) is 2.53. The highest BCUT2D eigenvalue weighted by Crippen LogP contribution is 2.35. The molecule has 116 valence electrons. The maximum Gasteiger partial charge on any atom is 0.220 e. The standard InChI is InChI=1S/C17H26N2O2/c1-4-11(3)17(18)12-6-7-15-13(10-12)14(8-9-21-15)19-16(20)5-2/h6-7,10-11,14,17H,4-5,8-9,18H2,1-3H3,(H,19,20). The molecule has 0 fully saturated rings. The number of benzene rings is 1. The van der Waals surface area contributed by atoms with Crippen LogP contribution >= 0.6 is 0 Å². The number of hydrogen-bond acceptors (Lipinski definition) is 3. The molecule has 3 N–H and O–H groups in total. The van der Waals surface area contributed by atoms with Crippen molar-refractivity contribution in [3.63, 3.8) is 0 Å². The molecule has 2 rings (SSSR count). The van der Waals surface area contributed by atoms with E-state index in [0.717, 1.165) is 29.7 Å². The Labute approximate surface area is 127 Å². The molecule has 3 atom stereocenters. The topological polar surface area (TPSA) is 64.3 Å². The maximum absolute atomic E-state index is 11.7. The van der Waals surface area contributed by atoms with Crippen molar-refractivity contribution in [2.24, 2.45) is 11.7 Å². The minimum absolute atomic E-state index is 0.0183. The van der Waals surface area contributed by atoms with Crippen molar-refractivity contribution in [2.75, 3.05) is 6.61 Å². The number of carbonyl (C=O) groups is 1. The molecule has 1 aliphatic heterocycles. The van der Waals surface area contributed by atoms with Crippen molar-refractivity contribution < 1.29 is 9.53 Å². The molecule has 0 spiro atoms. The first-order chi connectivity index (χ1) is 10.1. The molecule has 1 amide bonds. The Morgan fingerprint density at radius 1 is 1.48 bits per heavy atom. The zero-order chi connectivity index (χ0) is 15.4. The zero-order valence-electron chi connectivity index (χ0n) is 13.2. The monoisotopic (exact) mass is 290 g/mol. The summed E-state index contributed by atoms with van der Waals surface area (Å²) in [5, 5.41) is 3.07. The quantitative estimate of drug-likeness (QED) is 0.876. The molecule has 0 saturated carbocycles. The van der Waals surface area contributed by atoms with E-state index in [-0.39, 0.29) is 18.0 Å². The van der Waals surface area contributed by atoms with Crippen LogP contribution in [0, 0.1) is 5.92 Å². The molecule has 0 saturated heterocycles. The summed E-state index contributed by atoms with van der Waals surface area (Å²) in [4.78, 5) is 11.7. The highest BCUT2D eigenvalue weighted by atomic mass is 16.5. The molecule has 1 aromatic rings. The van der Waals surface area contributed by atoms with Gasteiger partial charge in [0.1, 0.15) is 5.75 Å². The van der Waals surface area contributed by atoms with E-state index in [9.17, 15) is 4.79 Å². The van der Waals surface area contributed by atoms with Crippen LogP contribution in [0.2, 0.25) is 0 Å². The first-order valence-corrected chi connectivity index (χ1v) is 7.88. The van der Waals surface area contributed by atoms with Gasteiger partial charge in [-0.1, -0.05) is 33.3 Å². The van der Waals surface area contributed by atoms with E-state index >= 15 is 0 Å². The Morgan fingerprint density at radius 3 is 2.90 bits per heavy atom. The van der Waals surface area contributed by atoms with Crippen LogP contribution in [-0.2, 0) is 4.79 Å². The fourth-order valence-electron chi connectivity index (χ4n) is 2.65. The first kappa shape index (κ1) is 15.8. The molecule has 0 aromatic heterocycles. The van der Waals surface area contributed by atoms with Crippen LogP contribution in [0.1, 0.15) is 63.2 Å². The molecule has 4 nitrogen and oxygen atoms in total.